The summed E-state index contributed by atoms with van der Waals surface area (Å²) in [6, 6.07) is 0. The van der Waals surface area contributed by atoms with Gasteiger partial charge in [-0.05, 0) is 6.92 Å². The molecule has 0 saturated carbocycles. The molecule has 9 heavy (non-hydrogen) atoms. The standard InChI is InChI=1S/C6H10O3/c1-4-6(8)5(7)2-3-9-4/h4,6,8H,2-3H2,1H3. The molecule has 0 aliphatic carbocycles. The number of Topliss-reactive ketones (excluding diaryl/α,β-unsaturated/α-hetero) is 1. The number of aliphatic hydroxyl groups is 1. The van der Waals surface area contributed by atoms with E-state index in [0.717, 1.165) is 0 Å². The second-order valence-corrected chi connectivity index (χ2v) is 2.24. The average molecular weight is 130 g/mol. The van der Waals surface area contributed by atoms with Crippen LogP contribution in [0.5, 0.6) is 0 Å². The number of aliphatic hydroxyl groups excluding tert-OH is 1. The summed E-state index contributed by atoms with van der Waals surface area (Å²) < 4.78 is 4.99. The molecule has 3 nitrogen and oxygen atoms in total. The van der Waals surface area contributed by atoms with Crippen molar-refractivity contribution in [2.45, 2.75) is 25.6 Å². The molecule has 1 aliphatic rings. The summed E-state index contributed by atoms with van der Waals surface area (Å²) in [6.07, 6.45) is -0.851. The Hall–Kier alpha value is -0.410. The van der Waals surface area contributed by atoms with Gasteiger partial charge in [-0.1, -0.05) is 0 Å². The van der Waals surface area contributed by atoms with Gasteiger partial charge in [0, 0.05) is 6.42 Å². The van der Waals surface area contributed by atoms with E-state index in [9.17, 15) is 4.79 Å². The monoisotopic (exact) mass is 130 g/mol. The van der Waals surface area contributed by atoms with E-state index in [1.165, 1.54) is 0 Å². The van der Waals surface area contributed by atoms with Crippen LogP contribution in [0, 0.1) is 0 Å². The lowest BCUT2D eigenvalue weighted by Crippen LogP contribution is -2.39. The summed E-state index contributed by atoms with van der Waals surface area (Å²) in [7, 11) is 0. The lowest BCUT2D eigenvalue weighted by molar-refractivity contribution is -0.144. The lowest BCUT2D eigenvalue weighted by atomic mass is 10.1. The molecule has 1 aliphatic heterocycles. The van der Waals surface area contributed by atoms with Gasteiger partial charge in [0.25, 0.3) is 0 Å². The zero-order chi connectivity index (χ0) is 6.85. The molecule has 0 spiro atoms. The minimum absolute atomic E-state index is 0.103. The molecule has 0 amide bonds. The van der Waals surface area contributed by atoms with Gasteiger partial charge in [0.1, 0.15) is 6.10 Å². The van der Waals surface area contributed by atoms with Crippen LogP contribution in [-0.2, 0) is 9.53 Å². The SMILES string of the molecule is CC1OCCC(=O)C1O. The fourth-order valence-corrected chi connectivity index (χ4v) is 0.846. The number of carbonyl (C=O) groups excluding carboxylic acids is 1. The molecule has 1 fully saturated rings. The minimum atomic E-state index is -0.890. The molecule has 0 aromatic carbocycles. The third kappa shape index (κ3) is 1.28. The van der Waals surface area contributed by atoms with Crippen molar-refractivity contribution in [3.8, 4) is 0 Å². The van der Waals surface area contributed by atoms with Crippen molar-refractivity contribution in [3.63, 3.8) is 0 Å². The molecule has 1 saturated heterocycles. The molecule has 0 aromatic rings. The number of ketones is 1. The molecule has 1 N–H and O–H groups in total. The van der Waals surface area contributed by atoms with Crippen LogP contribution in [-0.4, -0.2) is 29.7 Å². The lowest BCUT2D eigenvalue weighted by Gasteiger charge is -2.22. The van der Waals surface area contributed by atoms with Crippen molar-refractivity contribution in [1.29, 1.82) is 0 Å². The fourth-order valence-electron chi connectivity index (χ4n) is 0.846. The maximum atomic E-state index is 10.7. The van der Waals surface area contributed by atoms with Gasteiger partial charge in [0.2, 0.25) is 0 Å². The van der Waals surface area contributed by atoms with Gasteiger partial charge in [-0.25, -0.2) is 0 Å². The van der Waals surface area contributed by atoms with E-state index in [2.05, 4.69) is 0 Å². The Bertz CT molecular complexity index is 121. The summed E-state index contributed by atoms with van der Waals surface area (Å²) in [6.45, 7) is 2.15. The highest BCUT2D eigenvalue weighted by Gasteiger charge is 2.26. The van der Waals surface area contributed by atoms with E-state index in [0.29, 0.717) is 13.0 Å². The van der Waals surface area contributed by atoms with E-state index < -0.39 is 6.10 Å². The molecule has 0 aromatic heterocycles. The van der Waals surface area contributed by atoms with Crippen LogP contribution in [0.15, 0.2) is 0 Å². The fraction of sp³-hybridized carbons (Fsp3) is 0.833. The normalized spacial score (nSPS) is 36.9. The number of ether oxygens (including phenoxy) is 1. The molecule has 52 valence electrons. The van der Waals surface area contributed by atoms with Crippen molar-refractivity contribution in [1.82, 2.24) is 0 Å². The number of hydrogen-bond donors (Lipinski definition) is 1. The summed E-state index contributed by atoms with van der Waals surface area (Å²) in [5.41, 5.74) is 0. The zero-order valence-electron chi connectivity index (χ0n) is 5.33. The van der Waals surface area contributed by atoms with Gasteiger partial charge in [-0.15, -0.1) is 0 Å². The third-order valence-corrected chi connectivity index (χ3v) is 1.50. The zero-order valence-corrected chi connectivity index (χ0v) is 5.33. The first kappa shape index (κ1) is 6.71. The van der Waals surface area contributed by atoms with Gasteiger partial charge in [-0.3, -0.25) is 4.79 Å². The predicted octanol–water partition coefficient (Wildman–Crippen LogP) is -0.275. The third-order valence-electron chi connectivity index (χ3n) is 1.50. The Morgan fingerprint density at radius 3 is 2.89 bits per heavy atom. The molecule has 1 heterocycles. The highest BCUT2D eigenvalue weighted by atomic mass is 16.5. The van der Waals surface area contributed by atoms with Crippen molar-refractivity contribution in [2.75, 3.05) is 6.61 Å². The Morgan fingerprint density at radius 2 is 2.44 bits per heavy atom. The summed E-state index contributed by atoms with van der Waals surface area (Å²) >= 11 is 0. The van der Waals surface area contributed by atoms with Crippen LogP contribution in [0.4, 0.5) is 0 Å². The topological polar surface area (TPSA) is 46.5 Å². The van der Waals surface area contributed by atoms with Gasteiger partial charge >= 0.3 is 0 Å². The van der Waals surface area contributed by atoms with Gasteiger partial charge in [0.05, 0.1) is 12.7 Å². The average Bonchev–Trinajstić information content (AvgIpc) is 1.83. The van der Waals surface area contributed by atoms with E-state index in [4.69, 9.17) is 9.84 Å². The first-order valence-electron chi connectivity index (χ1n) is 3.04. The van der Waals surface area contributed by atoms with E-state index in [1.807, 2.05) is 0 Å². The molecule has 0 radical (unpaired) electrons. The Kier molecular flexibility index (Phi) is 1.83. The Balaban J connectivity index is 2.51. The van der Waals surface area contributed by atoms with Crippen molar-refractivity contribution >= 4 is 5.78 Å². The van der Waals surface area contributed by atoms with Crippen LogP contribution in [0.2, 0.25) is 0 Å². The van der Waals surface area contributed by atoms with Crippen LogP contribution < -0.4 is 0 Å². The van der Waals surface area contributed by atoms with Gasteiger partial charge in [0.15, 0.2) is 5.78 Å². The maximum absolute atomic E-state index is 10.7. The summed E-state index contributed by atoms with van der Waals surface area (Å²) in [5.74, 6) is -0.103. The molecule has 2 atom stereocenters. The predicted molar refractivity (Wildman–Crippen MR) is 31.0 cm³/mol. The van der Waals surface area contributed by atoms with E-state index in [-0.39, 0.29) is 11.9 Å². The van der Waals surface area contributed by atoms with Crippen molar-refractivity contribution in [3.05, 3.63) is 0 Å². The summed E-state index contributed by atoms with van der Waals surface area (Å²) in [4.78, 5) is 10.7. The highest BCUT2D eigenvalue weighted by Crippen LogP contribution is 2.08. The smallest absolute Gasteiger partial charge is 0.166 e. The maximum Gasteiger partial charge on any atom is 0.166 e. The number of hydrogen-bond acceptors (Lipinski definition) is 3. The molecule has 1 rings (SSSR count). The first-order chi connectivity index (χ1) is 4.22. The second-order valence-electron chi connectivity index (χ2n) is 2.24. The molecular formula is C6H10O3. The van der Waals surface area contributed by atoms with Crippen LogP contribution >= 0.6 is 0 Å². The van der Waals surface area contributed by atoms with Crippen LogP contribution in [0.3, 0.4) is 0 Å². The minimum Gasteiger partial charge on any atom is -0.383 e. The number of rotatable bonds is 0. The molecule has 0 bridgehead atoms. The van der Waals surface area contributed by atoms with Gasteiger partial charge in [-0.2, -0.15) is 0 Å². The largest absolute Gasteiger partial charge is 0.383 e. The Labute approximate surface area is 53.6 Å². The van der Waals surface area contributed by atoms with Crippen molar-refractivity contribution in [2.24, 2.45) is 0 Å². The quantitative estimate of drug-likeness (QED) is 0.490. The first-order valence-corrected chi connectivity index (χ1v) is 3.04. The van der Waals surface area contributed by atoms with Crippen LogP contribution in [0.25, 0.3) is 0 Å². The van der Waals surface area contributed by atoms with Crippen LogP contribution in [0.1, 0.15) is 13.3 Å². The van der Waals surface area contributed by atoms with E-state index in [1.54, 1.807) is 6.92 Å². The summed E-state index contributed by atoms with van der Waals surface area (Å²) in [5, 5.41) is 8.97. The molecule has 2 unspecified atom stereocenters. The van der Waals surface area contributed by atoms with E-state index >= 15 is 0 Å². The number of carbonyl (C=O) groups is 1. The van der Waals surface area contributed by atoms with Crippen molar-refractivity contribution < 1.29 is 14.6 Å². The Morgan fingerprint density at radius 1 is 1.78 bits per heavy atom. The molecular weight excluding hydrogens is 120 g/mol. The molecule has 3 heteroatoms. The van der Waals surface area contributed by atoms with Gasteiger partial charge < -0.3 is 9.84 Å². The second kappa shape index (κ2) is 2.45. The highest BCUT2D eigenvalue weighted by molar-refractivity contribution is 5.84.